The van der Waals surface area contributed by atoms with Gasteiger partial charge in [-0.1, -0.05) is 22.0 Å². The van der Waals surface area contributed by atoms with Gasteiger partial charge in [0.15, 0.2) is 0 Å². The minimum atomic E-state index is -0.259. The first kappa shape index (κ1) is 27.0. The lowest BCUT2D eigenvalue weighted by Crippen LogP contribution is -2.14. The molecule has 0 saturated carbocycles. The molecule has 0 aliphatic heterocycles. The summed E-state index contributed by atoms with van der Waals surface area (Å²) in [5.74, 6) is 0.718. The standard InChI is InChI=1S/C30H28BrN7O2/c1-21-6-8-24(18-27(21)37-30-34-12-10-26(36-30)22-5-4-11-32-19-22)35-29(39)25-9-7-23(31)17-28(25)40-16-3-2-14-38-15-13-33-20-38/h4-13,15,17-20H,2-3,14,16H2,1H3,(H,35,39)(H,34,36,37). The Kier molecular flexibility index (Phi) is 8.77. The normalized spacial score (nSPS) is 10.8. The molecule has 0 saturated heterocycles. The van der Waals surface area contributed by atoms with Crippen LogP contribution < -0.4 is 15.4 Å². The van der Waals surface area contributed by atoms with Crippen LogP contribution in [0.2, 0.25) is 0 Å². The first-order valence-electron chi connectivity index (χ1n) is 12.9. The minimum Gasteiger partial charge on any atom is -0.493 e. The minimum absolute atomic E-state index is 0.259. The van der Waals surface area contributed by atoms with Gasteiger partial charge in [0.05, 0.1) is 24.2 Å². The van der Waals surface area contributed by atoms with Crippen molar-refractivity contribution in [2.75, 3.05) is 17.2 Å². The van der Waals surface area contributed by atoms with E-state index in [0.717, 1.165) is 46.4 Å². The Hall–Kier alpha value is -4.57. The van der Waals surface area contributed by atoms with Crippen molar-refractivity contribution in [2.45, 2.75) is 26.3 Å². The third-order valence-electron chi connectivity index (χ3n) is 6.17. The molecule has 9 nitrogen and oxygen atoms in total. The van der Waals surface area contributed by atoms with Gasteiger partial charge in [0.1, 0.15) is 5.75 Å². The summed E-state index contributed by atoms with van der Waals surface area (Å²) >= 11 is 3.48. The van der Waals surface area contributed by atoms with Crippen LogP contribution in [0.15, 0.2) is 96.4 Å². The van der Waals surface area contributed by atoms with E-state index in [-0.39, 0.29) is 5.91 Å². The lowest BCUT2D eigenvalue weighted by molar-refractivity contribution is 0.102. The maximum Gasteiger partial charge on any atom is 0.259 e. The molecule has 0 aliphatic carbocycles. The van der Waals surface area contributed by atoms with Crippen LogP contribution in [0.5, 0.6) is 5.75 Å². The number of halogens is 1. The maximum absolute atomic E-state index is 13.3. The third kappa shape index (κ3) is 7.09. The molecular formula is C30H28BrN7O2. The van der Waals surface area contributed by atoms with Gasteiger partial charge in [0, 0.05) is 58.9 Å². The summed E-state index contributed by atoms with van der Waals surface area (Å²) in [6.07, 6.45) is 12.5. The van der Waals surface area contributed by atoms with Gasteiger partial charge in [-0.3, -0.25) is 9.78 Å². The molecule has 0 atom stereocenters. The van der Waals surface area contributed by atoms with Crippen LogP contribution >= 0.6 is 15.9 Å². The number of imidazole rings is 1. The zero-order chi connectivity index (χ0) is 27.7. The number of ether oxygens (including phenoxy) is 1. The number of amides is 1. The van der Waals surface area contributed by atoms with Gasteiger partial charge in [-0.15, -0.1) is 0 Å². The average Bonchev–Trinajstić information content (AvgIpc) is 3.49. The predicted octanol–water partition coefficient (Wildman–Crippen LogP) is 6.66. The van der Waals surface area contributed by atoms with Crippen molar-refractivity contribution in [3.8, 4) is 17.0 Å². The second-order valence-corrected chi connectivity index (χ2v) is 10.0. The van der Waals surface area contributed by atoms with E-state index in [0.29, 0.717) is 29.6 Å². The van der Waals surface area contributed by atoms with Crippen LogP contribution in [-0.4, -0.2) is 37.0 Å². The molecule has 0 aliphatic rings. The Morgan fingerprint density at radius 3 is 2.77 bits per heavy atom. The quantitative estimate of drug-likeness (QED) is 0.164. The lowest BCUT2D eigenvalue weighted by atomic mass is 10.1. The second-order valence-electron chi connectivity index (χ2n) is 9.11. The fourth-order valence-corrected chi connectivity index (χ4v) is 4.39. The number of carbonyl (C=O) groups excluding carboxylic acids is 1. The Bertz CT molecular complexity index is 1580. The van der Waals surface area contributed by atoms with Crippen molar-refractivity contribution in [3.05, 3.63) is 108 Å². The van der Waals surface area contributed by atoms with Crippen LogP contribution in [-0.2, 0) is 6.54 Å². The molecule has 1 amide bonds. The summed E-state index contributed by atoms with van der Waals surface area (Å²) in [6.45, 7) is 3.35. The smallest absolute Gasteiger partial charge is 0.259 e. The second kappa shape index (κ2) is 13.0. The zero-order valence-electron chi connectivity index (χ0n) is 21.9. The van der Waals surface area contributed by atoms with E-state index in [4.69, 9.17) is 4.74 Å². The van der Waals surface area contributed by atoms with Gasteiger partial charge in [-0.25, -0.2) is 15.0 Å². The van der Waals surface area contributed by atoms with Crippen molar-refractivity contribution < 1.29 is 9.53 Å². The first-order valence-corrected chi connectivity index (χ1v) is 13.6. The Balaban J connectivity index is 1.25. The van der Waals surface area contributed by atoms with Crippen LogP contribution in [0.3, 0.4) is 0 Å². The number of aryl methyl sites for hydroxylation is 2. The van der Waals surface area contributed by atoms with Gasteiger partial charge >= 0.3 is 0 Å². The number of rotatable bonds is 11. The molecule has 0 bridgehead atoms. The highest BCUT2D eigenvalue weighted by Gasteiger charge is 2.15. The fourth-order valence-electron chi connectivity index (χ4n) is 4.05. The predicted molar refractivity (Wildman–Crippen MR) is 159 cm³/mol. The largest absolute Gasteiger partial charge is 0.493 e. The Morgan fingerprint density at radius 1 is 1.02 bits per heavy atom. The first-order chi connectivity index (χ1) is 19.5. The van der Waals surface area contributed by atoms with E-state index < -0.39 is 0 Å². The molecule has 202 valence electrons. The molecule has 2 N–H and O–H groups in total. The van der Waals surface area contributed by atoms with Crippen LogP contribution in [0.1, 0.15) is 28.8 Å². The summed E-state index contributed by atoms with van der Waals surface area (Å²) < 4.78 is 8.89. The van der Waals surface area contributed by atoms with Gasteiger partial charge in [0.25, 0.3) is 5.91 Å². The molecule has 0 fully saturated rings. The van der Waals surface area contributed by atoms with Crippen LogP contribution in [0.4, 0.5) is 17.3 Å². The fraction of sp³-hybridized carbons (Fsp3) is 0.167. The van der Waals surface area contributed by atoms with Crippen molar-refractivity contribution in [3.63, 3.8) is 0 Å². The summed E-state index contributed by atoms with van der Waals surface area (Å²) in [5.41, 5.74) is 4.52. The number of hydrogen-bond donors (Lipinski definition) is 2. The van der Waals surface area contributed by atoms with Crippen LogP contribution in [0, 0.1) is 6.92 Å². The summed E-state index contributed by atoms with van der Waals surface area (Å²) in [7, 11) is 0. The number of nitrogens with zero attached hydrogens (tertiary/aromatic N) is 5. The van der Waals surface area contributed by atoms with E-state index in [9.17, 15) is 4.79 Å². The highest BCUT2D eigenvalue weighted by molar-refractivity contribution is 9.10. The number of unbranched alkanes of at least 4 members (excludes halogenated alkanes) is 1. The lowest BCUT2D eigenvalue weighted by Gasteiger charge is -2.14. The molecular weight excluding hydrogens is 570 g/mol. The summed E-state index contributed by atoms with van der Waals surface area (Å²) in [6, 6.07) is 16.7. The monoisotopic (exact) mass is 597 g/mol. The molecule has 0 spiro atoms. The number of hydrogen-bond acceptors (Lipinski definition) is 7. The van der Waals surface area contributed by atoms with Crippen molar-refractivity contribution in [1.82, 2.24) is 24.5 Å². The van der Waals surface area contributed by atoms with Crippen molar-refractivity contribution in [2.24, 2.45) is 0 Å². The summed E-state index contributed by atoms with van der Waals surface area (Å²) in [4.78, 5) is 30.5. The zero-order valence-corrected chi connectivity index (χ0v) is 23.5. The number of benzene rings is 2. The van der Waals surface area contributed by atoms with Gasteiger partial charge in [-0.2, -0.15) is 0 Å². The third-order valence-corrected chi connectivity index (χ3v) is 6.66. The maximum atomic E-state index is 13.3. The van der Waals surface area contributed by atoms with E-state index in [1.54, 1.807) is 37.2 Å². The molecule has 2 aromatic carbocycles. The SMILES string of the molecule is Cc1ccc(NC(=O)c2ccc(Br)cc2OCCCCn2ccnc2)cc1Nc1nccc(-c2cccnc2)n1. The van der Waals surface area contributed by atoms with Gasteiger partial charge in [-0.05, 0) is 73.9 Å². The molecule has 0 radical (unpaired) electrons. The highest BCUT2D eigenvalue weighted by Crippen LogP contribution is 2.28. The number of carbonyl (C=O) groups is 1. The molecule has 40 heavy (non-hydrogen) atoms. The molecule has 5 aromatic rings. The van der Waals surface area contributed by atoms with E-state index in [2.05, 4.69) is 46.5 Å². The number of pyridine rings is 1. The number of anilines is 3. The number of nitrogens with one attached hydrogen (secondary N) is 2. The van der Waals surface area contributed by atoms with E-state index >= 15 is 0 Å². The summed E-state index contributed by atoms with van der Waals surface area (Å²) in [5, 5.41) is 6.27. The Labute approximate surface area is 240 Å². The molecule has 3 aromatic heterocycles. The number of aromatic nitrogens is 5. The highest BCUT2D eigenvalue weighted by atomic mass is 79.9. The van der Waals surface area contributed by atoms with Crippen molar-refractivity contribution >= 4 is 39.2 Å². The van der Waals surface area contributed by atoms with Gasteiger partial charge in [0.2, 0.25) is 5.95 Å². The van der Waals surface area contributed by atoms with Crippen LogP contribution in [0.25, 0.3) is 11.3 Å². The van der Waals surface area contributed by atoms with Crippen molar-refractivity contribution in [1.29, 1.82) is 0 Å². The van der Waals surface area contributed by atoms with Gasteiger partial charge < -0.3 is 19.9 Å². The molecule has 0 unspecified atom stereocenters. The molecule has 5 rings (SSSR count). The van der Waals surface area contributed by atoms with E-state index in [1.165, 1.54) is 0 Å². The van der Waals surface area contributed by atoms with E-state index in [1.807, 2.05) is 66.2 Å². The molecule has 10 heteroatoms. The topological polar surface area (TPSA) is 107 Å². The molecule has 3 heterocycles. The average molecular weight is 599 g/mol. The Morgan fingerprint density at radius 2 is 1.95 bits per heavy atom.